The fourth-order valence-electron chi connectivity index (χ4n) is 4.93. The van der Waals surface area contributed by atoms with Gasteiger partial charge in [0.2, 0.25) is 0 Å². The van der Waals surface area contributed by atoms with E-state index in [1.54, 1.807) is 0 Å². The Morgan fingerprint density at radius 3 is 1.20 bits per heavy atom. The number of aryl methyl sites for hydroxylation is 1. The van der Waals surface area contributed by atoms with Crippen molar-refractivity contribution in [3.05, 3.63) is 29.8 Å². The maximum atomic E-state index is 12.7. The van der Waals surface area contributed by atoms with Crippen molar-refractivity contribution in [2.75, 3.05) is 5.75 Å². The van der Waals surface area contributed by atoms with Crippen molar-refractivity contribution in [1.29, 1.82) is 0 Å². The largest absolute Gasteiger partial charge is 0.224 e. The van der Waals surface area contributed by atoms with E-state index in [1.165, 1.54) is 134 Å². The van der Waals surface area contributed by atoms with Crippen molar-refractivity contribution >= 4 is 9.84 Å². The van der Waals surface area contributed by atoms with Crippen LogP contribution in [0.4, 0.5) is 0 Å². The van der Waals surface area contributed by atoms with E-state index in [4.69, 9.17) is 0 Å². The maximum absolute atomic E-state index is 12.7. The van der Waals surface area contributed by atoms with Crippen LogP contribution in [0.25, 0.3) is 0 Å². The lowest BCUT2D eigenvalue weighted by Gasteiger charge is -2.07. The molecule has 1 rings (SSSR count). The van der Waals surface area contributed by atoms with Crippen LogP contribution in [0.2, 0.25) is 0 Å². The summed E-state index contributed by atoms with van der Waals surface area (Å²) in [5.41, 5.74) is 1.27. The second kappa shape index (κ2) is 22.4. The molecule has 0 heterocycles. The van der Waals surface area contributed by atoms with Crippen LogP contribution in [-0.4, -0.2) is 14.2 Å². The zero-order chi connectivity index (χ0) is 25.5. The second-order valence-corrected chi connectivity index (χ2v) is 12.9. The van der Waals surface area contributed by atoms with E-state index in [1.807, 2.05) is 24.3 Å². The lowest BCUT2D eigenvalue weighted by Crippen LogP contribution is -2.07. The van der Waals surface area contributed by atoms with Crippen LogP contribution in [0.5, 0.6) is 0 Å². The predicted octanol–water partition coefficient (Wildman–Crippen LogP) is 10.6. The van der Waals surface area contributed by atoms with Gasteiger partial charge in [0, 0.05) is 0 Å². The number of hydrogen-bond acceptors (Lipinski definition) is 2. The molecule has 3 heteroatoms. The van der Waals surface area contributed by atoms with Gasteiger partial charge in [-0.25, -0.2) is 8.42 Å². The quantitative estimate of drug-likeness (QED) is 0.124. The Kier molecular flexibility index (Phi) is 20.6. The highest BCUT2D eigenvalue weighted by Gasteiger charge is 2.13. The topological polar surface area (TPSA) is 34.1 Å². The van der Waals surface area contributed by atoms with Gasteiger partial charge in [-0.3, -0.25) is 0 Å². The fraction of sp³-hybridized carbons (Fsp3) is 0.812. The Morgan fingerprint density at radius 1 is 0.457 bits per heavy atom. The smallest absolute Gasteiger partial charge is 0.178 e. The van der Waals surface area contributed by atoms with Crippen molar-refractivity contribution in [2.24, 2.45) is 0 Å². The maximum Gasteiger partial charge on any atom is 0.178 e. The van der Waals surface area contributed by atoms with E-state index in [0.717, 1.165) is 19.3 Å². The third-order valence-electron chi connectivity index (χ3n) is 7.37. The molecule has 0 aliphatic rings. The summed E-state index contributed by atoms with van der Waals surface area (Å²) in [5.74, 6) is 0.294. The van der Waals surface area contributed by atoms with Gasteiger partial charge < -0.3 is 0 Å². The summed E-state index contributed by atoms with van der Waals surface area (Å²) in [6.07, 6.45) is 29.7. The molecule has 1 aromatic rings. The monoisotopic (exact) mass is 506 g/mol. The molecule has 0 amide bonds. The molecule has 0 saturated carbocycles. The Balaban J connectivity index is 2.06. The number of unbranched alkanes of at least 4 members (excludes halogenated alkanes) is 20. The fourth-order valence-corrected chi connectivity index (χ4v) is 6.30. The van der Waals surface area contributed by atoms with Gasteiger partial charge >= 0.3 is 0 Å². The average molecular weight is 507 g/mol. The Hall–Kier alpha value is -0.830. The summed E-state index contributed by atoms with van der Waals surface area (Å²) in [6, 6.07) is 7.73. The predicted molar refractivity (Wildman–Crippen MR) is 155 cm³/mol. The van der Waals surface area contributed by atoms with E-state index >= 15 is 0 Å². The average Bonchev–Trinajstić information content (AvgIpc) is 2.86. The summed E-state index contributed by atoms with van der Waals surface area (Å²) in [6.45, 7) is 4.54. The summed E-state index contributed by atoms with van der Waals surface area (Å²) in [7, 11) is -3.13. The SMILES string of the molecule is CCCCCCCCCCCCCCS(=O)(=O)c1ccc(CCCCCCCCCCCC)cc1. The van der Waals surface area contributed by atoms with Crippen LogP contribution in [0.3, 0.4) is 0 Å². The summed E-state index contributed by atoms with van der Waals surface area (Å²) < 4.78 is 25.3. The zero-order valence-electron chi connectivity index (χ0n) is 23.5. The van der Waals surface area contributed by atoms with Gasteiger partial charge in [0.1, 0.15) is 0 Å². The van der Waals surface area contributed by atoms with Crippen LogP contribution < -0.4 is 0 Å². The van der Waals surface area contributed by atoms with Gasteiger partial charge in [-0.1, -0.05) is 154 Å². The highest BCUT2D eigenvalue weighted by molar-refractivity contribution is 7.91. The number of benzene rings is 1. The molecule has 0 unspecified atom stereocenters. The van der Waals surface area contributed by atoms with E-state index in [0.29, 0.717) is 10.6 Å². The molecule has 204 valence electrons. The lowest BCUT2D eigenvalue weighted by molar-refractivity contribution is 0.546. The molecule has 1 aromatic carbocycles. The first-order chi connectivity index (χ1) is 17.1. The molecule has 2 nitrogen and oxygen atoms in total. The molecule has 0 aliphatic carbocycles. The first-order valence-electron chi connectivity index (χ1n) is 15.4. The van der Waals surface area contributed by atoms with Crippen LogP contribution in [-0.2, 0) is 16.3 Å². The Labute approximate surface area is 220 Å². The van der Waals surface area contributed by atoms with Gasteiger partial charge in [-0.2, -0.15) is 0 Å². The first kappa shape index (κ1) is 32.2. The van der Waals surface area contributed by atoms with Gasteiger partial charge in [0.25, 0.3) is 0 Å². The third-order valence-corrected chi connectivity index (χ3v) is 9.18. The third kappa shape index (κ3) is 18.1. The number of rotatable bonds is 25. The molecule has 0 aromatic heterocycles. The summed E-state index contributed by atoms with van der Waals surface area (Å²) in [5, 5.41) is 0. The molecule has 35 heavy (non-hydrogen) atoms. The number of hydrogen-bond donors (Lipinski definition) is 0. The lowest BCUT2D eigenvalue weighted by atomic mass is 10.0. The summed E-state index contributed by atoms with van der Waals surface area (Å²) in [4.78, 5) is 0.507. The van der Waals surface area contributed by atoms with Gasteiger partial charge in [-0.05, 0) is 37.0 Å². The molecule has 0 saturated heterocycles. The highest BCUT2D eigenvalue weighted by atomic mass is 32.2. The van der Waals surface area contributed by atoms with Crippen molar-refractivity contribution in [3.63, 3.8) is 0 Å². The van der Waals surface area contributed by atoms with E-state index in [2.05, 4.69) is 13.8 Å². The molecular formula is C32H58O2S. The first-order valence-corrected chi connectivity index (χ1v) is 17.1. The number of sulfone groups is 1. The van der Waals surface area contributed by atoms with Crippen molar-refractivity contribution in [1.82, 2.24) is 0 Å². The van der Waals surface area contributed by atoms with E-state index < -0.39 is 9.84 Å². The molecule has 0 atom stereocenters. The van der Waals surface area contributed by atoms with Crippen LogP contribution in [0, 0.1) is 0 Å². The minimum absolute atomic E-state index is 0.294. The van der Waals surface area contributed by atoms with Gasteiger partial charge in [0.05, 0.1) is 10.6 Å². The standard InChI is InChI=1S/C32H58O2S/c1-3-5-7-9-11-13-15-16-18-20-22-24-30-35(33,34)32-28-26-31(27-29-32)25-23-21-19-17-14-12-10-8-6-4-2/h26-29H,3-25,30H2,1-2H3. The normalized spacial score (nSPS) is 11.8. The zero-order valence-corrected chi connectivity index (χ0v) is 24.3. The van der Waals surface area contributed by atoms with E-state index in [-0.39, 0.29) is 0 Å². The molecule has 0 aliphatic heterocycles. The molecule has 0 spiro atoms. The molecule has 0 N–H and O–H groups in total. The van der Waals surface area contributed by atoms with Crippen LogP contribution in [0.1, 0.15) is 161 Å². The molecule has 0 radical (unpaired) electrons. The minimum atomic E-state index is -3.13. The Bertz CT molecular complexity index is 678. The van der Waals surface area contributed by atoms with Crippen molar-refractivity contribution in [3.8, 4) is 0 Å². The second-order valence-electron chi connectivity index (χ2n) is 10.8. The van der Waals surface area contributed by atoms with Gasteiger partial charge in [-0.15, -0.1) is 0 Å². The Morgan fingerprint density at radius 2 is 0.800 bits per heavy atom. The van der Waals surface area contributed by atoms with Crippen molar-refractivity contribution < 1.29 is 8.42 Å². The summed E-state index contributed by atoms with van der Waals surface area (Å²) >= 11 is 0. The molecule has 0 bridgehead atoms. The van der Waals surface area contributed by atoms with Gasteiger partial charge in [0.15, 0.2) is 9.84 Å². The van der Waals surface area contributed by atoms with Crippen molar-refractivity contribution in [2.45, 2.75) is 166 Å². The minimum Gasteiger partial charge on any atom is -0.224 e. The van der Waals surface area contributed by atoms with Crippen LogP contribution >= 0.6 is 0 Å². The highest BCUT2D eigenvalue weighted by Crippen LogP contribution is 2.18. The molecule has 0 fully saturated rings. The molecular weight excluding hydrogens is 448 g/mol. The van der Waals surface area contributed by atoms with Crippen LogP contribution in [0.15, 0.2) is 29.2 Å². The van der Waals surface area contributed by atoms with E-state index in [9.17, 15) is 8.42 Å².